The standard InChI is InChI=1S/C25H24N4O2S/c1-16-12-18-6-3-4-8-22(18)29(16)14-23-20(9-11-31-23)24(30)27-17(2)25-28-21(15-32-25)19-7-5-10-26-13-19/h3-11,13,15-17H,12,14H2,1-2H3,(H,27,30). The van der Waals surface area contributed by atoms with Crippen LogP contribution in [0.4, 0.5) is 5.69 Å². The van der Waals surface area contributed by atoms with Crippen molar-refractivity contribution in [1.82, 2.24) is 15.3 Å². The number of nitrogens with zero attached hydrogens (tertiary/aromatic N) is 3. The molecule has 1 aliphatic heterocycles. The van der Waals surface area contributed by atoms with Crippen molar-refractivity contribution in [1.29, 1.82) is 0 Å². The highest BCUT2D eigenvalue weighted by molar-refractivity contribution is 7.10. The van der Waals surface area contributed by atoms with Gasteiger partial charge < -0.3 is 14.6 Å². The Morgan fingerprint density at radius 3 is 3.00 bits per heavy atom. The van der Waals surface area contributed by atoms with Gasteiger partial charge in [-0.3, -0.25) is 9.78 Å². The number of nitrogens with one attached hydrogen (secondary N) is 1. The maximum atomic E-state index is 13.1. The molecule has 0 spiro atoms. The fourth-order valence-electron chi connectivity index (χ4n) is 4.16. The number of aromatic nitrogens is 2. The molecule has 0 saturated heterocycles. The maximum Gasteiger partial charge on any atom is 0.255 e. The number of hydrogen-bond donors (Lipinski definition) is 1. The van der Waals surface area contributed by atoms with Crippen LogP contribution in [-0.2, 0) is 13.0 Å². The van der Waals surface area contributed by atoms with E-state index < -0.39 is 0 Å². The molecule has 4 aromatic rings. The zero-order chi connectivity index (χ0) is 22.1. The van der Waals surface area contributed by atoms with Crippen LogP contribution in [0.2, 0.25) is 0 Å². The van der Waals surface area contributed by atoms with Crippen molar-refractivity contribution < 1.29 is 9.21 Å². The number of hydrogen-bond acceptors (Lipinski definition) is 6. The summed E-state index contributed by atoms with van der Waals surface area (Å²) in [6.45, 7) is 4.71. The van der Waals surface area contributed by atoms with Gasteiger partial charge in [0.2, 0.25) is 0 Å². The second kappa shape index (κ2) is 8.59. The average Bonchev–Trinajstić information content (AvgIpc) is 3.54. The normalized spacial score (nSPS) is 16.1. The van der Waals surface area contributed by atoms with Crippen LogP contribution in [0.25, 0.3) is 11.3 Å². The number of carbonyl (C=O) groups excluding carboxylic acids is 1. The molecule has 2 atom stereocenters. The van der Waals surface area contributed by atoms with Gasteiger partial charge in [0, 0.05) is 35.1 Å². The van der Waals surface area contributed by atoms with Gasteiger partial charge in [-0.05, 0) is 50.1 Å². The number of rotatable bonds is 6. The van der Waals surface area contributed by atoms with Crippen molar-refractivity contribution in [3.05, 3.63) is 88.4 Å². The van der Waals surface area contributed by atoms with Crippen LogP contribution in [-0.4, -0.2) is 21.9 Å². The molecule has 7 heteroatoms. The van der Waals surface area contributed by atoms with Crippen molar-refractivity contribution in [3.8, 4) is 11.3 Å². The highest BCUT2D eigenvalue weighted by Gasteiger charge is 2.28. The van der Waals surface area contributed by atoms with Crippen LogP contribution >= 0.6 is 11.3 Å². The molecule has 3 aromatic heterocycles. The summed E-state index contributed by atoms with van der Waals surface area (Å²) >= 11 is 1.53. The summed E-state index contributed by atoms with van der Waals surface area (Å²) < 4.78 is 5.74. The molecule has 0 saturated carbocycles. The molecule has 1 N–H and O–H groups in total. The average molecular weight is 445 g/mol. The third kappa shape index (κ3) is 3.91. The first-order valence-electron chi connectivity index (χ1n) is 10.7. The fraction of sp³-hybridized carbons (Fsp3) is 0.240. The molecule has 1 aliphatic rings. The monoisotopic (exact) mass is 444 g/mol. The van der Waals surface area contributed by atoms with E-state index in [2.05, 4.69) is 51.4 Å². The Balaban J connectivity index is 1.29. The minimum absolute atomic E-state index is 0.153. The van der Waals surface area contributed by atoms with Crippen LogP contribution < -0.4 is 10.2 Å². The van der Waals surface area contributed by atoms with Gasteiger partial charge in [0.25, 0.3) is 5.91 Å². The van der Waals surface area contributed by atoms with E-state index in [1.807, 2.05) is 24.4 Å². The predicted molar refractivity (Wildman–Crippen MR) is 126 cm³/mol. The highest BCUT2D eigenvalue weighted by atomic mass is 32.1. The largest absolute Gasteiger partial charge is 0.467 e. The summed E-state index contributed by atoms with van der Waals surface area (Å²) in [5.74, 6) is 0.521. The molecule has 32 heavy (non-hydrogen) atoms. The highest BCUT2D eigenvalue weighted by Crippen LogP contribution is 2.34. The van der Waals surface area contributed by atoms with Crippen molar-refractivity contribution in [2.45, 2.75) is 38.9 Å². The molecule has 162 valence electrons. The SMILES string of the molecule is CC(NC(=O)c1ccoc1CN1c2ccccc2CC1C)c1nc(-c2cccnc2)cs1. The smallest absolute Gasteiger partial charge is 0.255 e. The Labute approximate surface area is 190 Å². The van der Waals surface area contributed by atoms with Gasteiger partial charge in [-0.25, -0.2) is 4.98 Å². The summed E-state index contributed by atoms with van der Waals surface area (Å²) in [6.07, 6.45) is 6.12. The zero-order valence-corrected chi connectivity index (χ0v) is 18.8. The molecule has 0 aliphatic carbocycles. The van der Waals surface area contributed by atoms with Crippen LogP contribution in [0, 0.1) is 0 Å². The topological polar surface area (TPSA) is 71.3 Å². The Morgan fingerprint density at radius 1 is 1.28 bits per heavy atom. The second-order valence-electron chi connectivity index (χ2n) is 8.08. The maximum absolute atomic E-state index is 13.1. The van der Waals surface area contributed by atoms with Crippen LogP contribution in [0.5, 0.6) is 0 Å². The Bertz CT molecular complexity index is 1230. The van der Waals surface area contributed by atoms with E-state index in [9.17, 15) is 4.79 Å². The summed E-state index contributed by atoms with van der Waals surface area (Å²) in [5.41, 5.74) is 4.94. The van der Waals surface area contributed by atoms with Crippen LogP contribution in [0.3, 0.4) is 0 Å². The molecule has 6 nitrogen and oxygen atoms in total. The molecule has 0 radical (unpaired) electrons. The Hall–Kier alpha value is -3.45. The number of benzene rings is 1. The summed E-state index contributed by atoms with van der Waals surface area (Å²) in [5, 5.41) is 5.92. The van der Waals surface area contributed by atoms with E-state index in [-0.39, 0.29) is 11.9 Å². The molecular weight excluding hydrogens is 420 g/mol. The third-order valence-corrected chi connectivity index (χ3v) is 6.88. The molecule has 1 aromatic carbocycles. The van der Waals surface area contributed by atoms with E-state index >= 15 is 0 Å². The molecule has 1 amide bonds. The van der Waals surface area contributed by atoms with Gasteiger partial charge in [-0.1, -0.05) is 18.2 Å². The number of fused-ring (bicyclic) bond motifs is 1. The second-order valence-corrected chi connectivity index (χ2v) is 8.96. The van der Waals surface area contributed by atoms with Crippen LogP contribution in [0.15, 0.2) is 70.9 Å². The molecule has 0 fully saturated rings. The quantitative estimate of drug-likeness (QED) is 0.440. The van der Waals surface area contributed by atoms with Crippen LogP contribution in [0.1, 0.15) is 46.6 Å². The van der Waals surface area contributed by atoms with Crippen molar-refractivity contribution >= 4 is 22.9 Å². The van der Waals surface area contributed by atoms with E-state index in [1.54, 1.807) is 24.7 Å². The predicted octanol–water partition coefficient (Wildman–Crippen LogP) is 5.24. The molecule has 4 heterocycles. The number of pyridine rings is 1. The van der Waals surface area contributed by atoms with Crippen molar-refractivity contribution in [2.24, 2.45) is 0 Å². The first kappa shape index (κ1) is 20.5. The number of para-hydroxylation sites is 1. The van der Waals surface area contributed by atoms with Gasteiger partial charge in [0.05, 0.1) is 30.1 Å². The van der Waals surface area contributed by atoms with E-state index in [0.717, 1.165) is 22.7 Å². The number of amides is 1. The molecule has 2 unspecified atom stereocenters. The minimum Gasteiger partial charge on any atom is -0.467 e. The number of furan rings is 1. The lowest BCUT2D eigenvalue weighted by Crippen LogP contribution is -2.31. The lowest BCUT2D eigenvalue weighted by molar-refractivity contribution is 0.0937. The first-order valence-corrected chi connectivity index (χ1v) is 11.6. The molecule has 5 rings (SSSR count). The molecular formula is C25H24N4O2S. The summed E-state index contributed by atoms with van der Waals surface area (Å²) in [6, 6.07) is 14.2. The van der Waals surface area contributed by atoms with E-state index in [1.165, 1.54) is 22.6 Å². The first-order chi connectivity index (χ1) is 15.6. The number of anilines is 1. The van der Waals surface area contributed by atoms with Gasteiger partial charge in [0.1, 0.15) is 10.8 Å². The molecule has 0 bridgehead atoms. The fourth-order valence-corrected chi connectivity index (χ4v) is 5.00. The van der Waals surface area contributed by atoms with Crippen molar-refractivity contribution in [3.63, 3.8) is 0 Å². The van der Waals surface area contributed by atoms with Gasteiger partial charge in [0.15, 0.2) is 0 Å². The summed E-state index contributed by atoms with van der Waals surface area (Å²) in [4.78, 5) is 24.2. The lowest BCUT2D eigenvalue weighted by atomic mass is 10.1. The number of thiazole rings is 1. The van der Waals surface area contributed by atoms with Gasteiger partial charge in [-0.2, -0.15) is 0 Å². The van der Waals surface area contributed by atoms with Gasteiger partial charge in [-0.15, -0.1) is 11.3 Å². The van der Waals surface area contributed by atoms with E-state index in [0.29, 0.717) is 23.9 Å². The van der Waals surface area contributed by atoms with E-state index in [4.69, 9.17) is 4.42 Å². The Kier molecular flexibility index (Phi) is 5.49. The zero-order valence-electron chi connectivity index (χ0n) is 18.0. The van der Waals surface area contributed by atoms with Crippen molar-refractivity contribution in [2.75, 3.05) is 4.90 Å². The third-order valence-electron chi connectivity index (χ3n) is 5.85. The lowest BCUT2D eigenvalue weighted by Gasteiger charge is -2.24. The minimum atomic E-state index is -0.216. The Morgan fingerprint density at radius 2 is 2.16 bits per heavy atom. The van der Waals surface area contributed by atoms with Gasteiger partial charge >= 0.3 is 0 Å². The summed E-state index contributed by atoms with van der Waals surface area (Å²) in [7, 11) is 0. The number of carbonyl (C=O) groups is 1.